The molecule has 6 heteroatoms. The second-order valence-corrected chi connectivity index (χ2v) is 6.90. The van der Waals surface area contributed by atoms with Crippen LogP contribution >= 0.6 is 0 Å². The molecule has 1 aromatic carbocycles. The molecule has 2 aromatic rings. The monoisotopic (exact) mass is 356 g/mol. The van der Waals surface area contributed by atoms with Gasteiger partial charge in [0.05, 0.1) is 16.9 Å². The molecule has 0 saturated carbocycles. The van der Waals surface area contributed by atoms with Crippen molar-refractivity contribution >= 4 is 17.5 Å². The number of para-hydroxylation sites is 1. The van der Waals surface area contributed by atoms with Gasteiger partial charge in [-0.15, -0.1) is 0 Å². The summed E-state index contributed by atoms with van der Waals surface area (Å²) in [5, 5.41) is 10.0. The number of nitrogens with zero attached hydrogens (tertiary/aromatic N) is 2. The van der Waals surface area contributed by atoms with Crippen LogP contribution in [0.3, 0.4) is 0 Å². The van der Waals surface area contributed by atoms with E-state index in [0.717, 1.165) is 23.5 Å². The standard InChI is InChI=1S/C20H28N4O2/c1-13(2)12-24-15(4)16(14(3)23-24)10-11-19(25)22-18-9-7-6-8-17(18)20(26)21-5/h6-9,13H,10-12H2,1-5H3,(H,21,26)(H,22,25). The normalized spacial score (nSPS) is 10.8. The molecular formula is C20H28N4O2. The summed E-state index contributed by atoms with van der Waals surface area (Å²) in [4.78, 5) is 24.3. The van der Waals surface area contributed by atoms with Gasteiger partial charge in [-0.2, -0.15) is 5.10 Å². The van der Waals surface area contributed by atoms with Gasteiger partial charge in [0, 0.05) is 25.7 Å². The summed E-state index contributed by atoms with van der Waals surface area (Å²) in [5.41, 5.74) is 4.21. The highest BCUT2D eigenvalue weighted by Crippen LogP contribution is 2.18. The highest BCUT2D eigenvalue weighted by Gasteiger charge is 2.15. The highest BCUT2D eigenvalue weighted by atomic mass is 16.2. The lowest BCUT2D eigenvalue weighted by Crippen LogP contribution is -2.21. The van der Waals surface area contributed by atoms with Crippen molar-refractivity contribution < 1.29 is 9.59 Å². The highest BCUT2D eigenvalue weighted by molar-refractivity contribution is 6.03. The number of hydrogen-bond donors (Lipinski definition) is 2. The van der Waals surface area contributed by atoms with Crippen LogP contribution in [0.4, 0.5) is 5.69 Å². The van der Waals surface area contributed by atoms with Crippen molar-refractivity contribution in [2.75, 3.05) is 12.4 Å². The Morgan fingerprint density at radius 3 is 2.54 bits per heavy atom. The van der Waals surface area contributed by atoms with E-state index in [1.165, 1.54) is 0 Å². The fourth-order valence-electron chi connectivity index (χ4n) is 3.00. The van der Waals surface area contributed by atoms with Gasteiger partial charge in [-0.1, -0.05) is 26.0 Å². The van der Waals surface area contributed by atoms with E-state index in [0.29, 0.717) is 30.0 Å². The molecule has 0 aliphatic rings. The quantitative estimate of drug-likeness (QED) is 0.800. The Bertz CT molecular complexity index is 793. The Labute approximate surface area is 155 Å². The Balaban J connectivity index is 2.04. The molecule has 1 heterocycles. The summed E-state index contributed by atoms with van der Waals surface area (Å²) >= 11 is 0. The number of aromatic nitrogens is 2. The largest absolute Gasteiger partial charge is 0.355 e. The van der Waals surface area contributed by atoms with Crippen LogP contribution in [0.1, 0.15) is 47.6 Å². The zero-order chi connectivity index (χ0) is 19.3. The van der Waals surface area contributed by atoms with E-state index in [9.17, 15) is 9.59 Å². The van der Waals surface area contributed by atoms with Crippen molar-refractivity contribution in [2.45, 2.75) is 47.1 Å². The van der Waals surface area contributed by atoms with E-state index in [4.69, 9.17) is 0 Å². The molecule has 2 rings (SSSR count). The Kier molecular flexibility index (Phi) is 6.55. The molecule has 0 bridgehead atoms. The molecule has 2 amide bonds. The number of benzene rings is 1. The smallest absolute Gasteiger partial charge is 0.253 e. The number of hydrogen-bond acceptors (Lipinski definition) is 3. The number of carbonyl (C=O) groups is 2. The second-order valence-electron chi connectivity index (χ2n) is 6.90. The van der Waals surface area contributed by atoms with Gasteiger partial charge in [-0.25, -0.2) is 0 Å². The summed E-state index contributed by atoms with van der Waals surface area (Å²) in [6, 6.07) is 7.00. The van der Waals surface area contributed by atoms with Crippen molar-refractivity contribution in [1.82, 2.24) is 15.1 Å². The lowest BCUT2D eigenvalue weighted by Gasteiger charge is -2.10. The third-order valence-corrected chi connectivity index (χ3v) is 4.34. The lowest BCUT2D eigenvalue weighted by molar-refractivity contribution is -0.116. The molecule has 140 valence electrons. The number of nitrogens with one attached hydrogen (secondary N) is 2. The lowest BCUT2D eigenvalue weighted by atomic mass is 10.1. The number of rotatable bonds is 7. The molecule has 0 fully saturated rings. The molecule has 0 aliphatic carbocycles. The zero-order valence-corrected chi connectivity index (χ0v) is 16.2. The van der Waals surface area contributed by atoms with Crippen molar-refractivity contribution in [3.05, 3.63) is 46.8 Å². The molecule has 26 heavy (non-hydrogen) atoms. The van der Waals surface area contributed by atoms with Gasteiger partial charge in [-0.3, -0.25) is 14.3 Å². The molecule has 0 atom stereocenters. The number of amides is 2. The topological polar surface area (TPSA) is 76.0 Å². The maximum absolute atomic E-state index is 12.4. The van der Waals surface area contributed by atoms with E-state index in [1.54, 1.807) is 31.3 Å². The average Bonchev–Trinajstić information content (AvgIpc) is 2.85. The molecule has 6 nitrogen and oxygen atoms in total. The van der Waals surface area contributed by atoms with Crippen molar-refractivity contribution in [3.8, 4) is 0 Å². The molecular weight excluding hydrogens is 328 g/mol. The molecule has 0 spiro atoms. The van der Waals surface area contributed by atoms with E-state index >= 15 is 0 Å². The van der Waals surface area contributed by atoms with Crippen LogP contribution in [0.2, 0.25) is 0 Å². The first-order valence-electron chi connectivity index (χ1n) is 8.97. The minimum atomic E-state index is -0.220. The molecule has 0 radical (unpaired) electrons. The van der Waals surface area contributed by atoms with E-state index < -0.39 is 0 Å². The maximum Gasteiger partial charge on any atom is 0.253 e. The minimum absolute atomic E-state index is 0.114. The van der Waals surface area contributed by atoms with Crippen LogP contribution in [0.5, 0.6) is 0 Å². The average molecular weight is 356 g/mol. The first kappa shape index (κ1) is 19.7. The first-order chi connectivity index (χ1) is 12.3. The summed E-state index contributed by atoms with van der Waals surface area (Å²) in [7, 11) is 1.57. The van der Waals surface area contributed by atoms with Gasteiger partial charge in [0.25, 0.3) is 5.91 Å². The molecule has 2 N–H and O–H groups in total. The second kappa shape index (κ2) is 8.65. The van der Waals surface area contributed by atoms with Crippen LogP contribution in [-0.2, 0) is 17.8 Å². The van der Waals surface area contributed by atoms with E-state index in [-0.39, 0.29) is 11.8 Å². The van der Waals surface area contributed by atoms with Crippen LogP contribution in [0, 0.1) is 19.8 Å². The van der Waals surface area contributed by atoms with Crippen molar-refractivity contribution in [2.24, 2.45) is 5.92 Å². The Morgan fingerprint density at radius 1 is 1.19 bits per heavy atom. The molecule has 0 unspecified atom stereocenters. The summed E-state index contributed by atoms with van der Waals surface area (Å²) in [6.07, 6.45) is 0.973. The molecule has 1 aromatic heterocycles. The Hall–Kier alpha value is -2.63. The number of aryl methyl sites for hydroxylation is 1. The fourth-order valence-corrected chi connectivity index (χ4v) is 3.00. The van der Waals surface area contributed by atoms with Gasteiger partial charge in [-0.05, 0) is 43.9 Å². The van der Waals surface area contributed by atoms with Crippen LogP contribution in [0.15, 0.2) is 24.3 Å². The maximum atomic E-state index is 12.4. The number of anilines is 1. The van der Waals surface area contributed by atoms with Gasteiger partial charge in [0.2, 0.25) is 5.91 Å². The first-order valence-corrected chi connectivity index (χ1v) is 8.97. The third-order valence-electron chi connectivity index (χ3n) is 4.34. The minimum Gasteiger partial charge on any atom is -0.355 e. The van der Waals surface area contributed by atoms with E-state index in [2.05, 4.69) is 36.5 Å². The van der Waals surface area contributed by atoms with Crippen molar-refractivity contribution in [1.29, 1.82) is 0 Å². The Morgan fingerprint density at radius 2 is 1.88 bits per heavy atom. The SMILES string of the molecule is CNC(=O)c1ccccc1NC(=O)CCc1c(C)nn(CC(C)C)c1C. The van der Waals surface area contributed by atoms with Gasteiger partial charge in [0.1, 0.15) is 0 Å². The van der Waals surface area contributed by atoms with E-state index in [1.807, 2.05) is 11.6 Å². The third kappa shape index (κ3) is 4.71. The fraction of sp³-hybridized carbons (Fsp3) is 0.450. The van der Waals surface area contributed by atoms with Gasteiger partial charge >= 0.3 is 0 Å². The number of carbonyl (C=O) groups excluding carboxylic acids is 2. The molecule has 0 aliphatic heterocycles. The van der Waals surface area contributed by atoms with Gasteiger partial charge < -0.3 is 10.6 Å². The summed E-state index contributed by atoms with van der Waals surface area (Å²) in [6.45, 7) is 9.23. The van der Waals surface area contributed by atoms with Crippen LogP contribution in [0.25, 0.3) is 0 Å². The predicted molar refractivity (Wildman–Crippen MR) is 103 cm³/mol. The zero-order valence-electron chi connectivity index (χ0n) is 16.2. The summed E-state index contributed by atoms with van der Waals surface area (Å²) < 4.78 is 2.02. The van der Waals surface area contributed by atoms with Crippen LogP contribution in [-0.4, -0.2) is 28.6 Å². The van der Waals surface area contributed by atoms with Gasteiger partial charge in [0.15, 0.2) is 0 Å². The van der Waals surface area contributed by atoms with Crippen LogP contribution < -0.4 is 10.6 Å². The molecule has 0 saturated heterocycles. The van der Waals surface area contributed by atoms with Crippen molar-refractivity contribution in [3.63, 3.8) is 0 Å². The predicted octanol–water partition coefficient (Wildman–Crippen LogP) is 3.09. The summed E-state index contributed by atoms with van der Waals surface area (Å²) in [5.74, 6) is 0.185.